The molecule has 198 valence electrons. The first-order chi connectivity index (χ1) is 17.2. The Kier molecular flexibility index (Phi) is 9.00. The van der Waals surface area contributed by atoms with Crippen molar-refractivity contribution < 1.29 is 54.8 Å². The Morgan fingerprint density at radius 2 is 1.38 bits per heavy atom. The molecule has 10 nitrogen and oxygen atoms in total. The number of nitriles is 2. The monoisotopic (exact) mass is 534 g/mol. The molecule has 0 aliphatic heterocycles. The summed E-state index contributed by atoms with van der Waals surface area (Å²) in [5.74, 6) is -0.0397. The Labute approximate surface area is 204 Å². The molecular formula is C21H16F6N4O6. The van der Waals surface area contributed by atoms with E-state index < -0.39 is 31.3 Å². The molecule has 0 aliphatic carbocycles. The largest absolute Gasteiger partial charge is 0.497 e. The Bertz CT molecular complexity index is 1210. The molecule has 2 aromatic rings. The van der Waals surface area contributed by atoms with Crippen LogP contribution >= 0.6 is 0 Å². The number of ether oxygens (including phenoxy) is 5. The number of halogens is 6. The van der Waals surface area contributed by atoms with E-state index >= 15 is 0 Å². The summed E-state index contributed by atoms with van der Waals surface area (Å²) < 4.78 is 102. The molecule has 0 saturated heterocycles. The molecule has 1 amide bonds. The maximum Gasteiger partial charge on any atom is 0.497 e. The van der Waals surface area contributed by atoms with E-state index in [4.69, 9.17) is 10.5 Å². The molecule has 0 atom stereocenters. The summed E-state index contributed by atoms with van der Waals surface area (Å²) in [5, 5.41) is 20.9. The molecule has 2 N–H and O–H groups in total. The van der Waals surface area contributed by atoms with Gasteiger partial charge in [-0.2, -0.15) is 17.6 Å². The van der Waals surface area contributed by atoms with Gasteiger partial charge in [0.15, 0.2) is 0 Å². The molecule has 0 aromatic heterocycles. The SMILES string of the molecule is Cc1ccc(NCOC(F)(F)OC(F)(F)C(F)(F)OC(=O)Nc2ccc(C)c(OC#N)c2)cc1OC#N. The molecular weight excluding hydrogens is 518 g/mol. The first kappa shape index (κ1) is 28.8. The number of nitrogens with one attached hydrogen (secondary N) is 2. The Morgan fingerprint density at radius 3 is 1.92 bits per heavy atom. The van der Waals surface area contributed by atoms with Gasteiger partial charge in [0.25, 0.3) is 12.5 Å². The van der Waals surface area contributed by atoms with Gasteiger partial charge in [0, 0.05) is 23.5 Å². The van der Waals surface area contributed by atoms with Gasteiger partial charge in [-0.1, -0.05) is 12.1 Å². The van der Waals surface area contributed by atoms with Crippen molar-refractivity contribution in [3.05, 3.63) is 47.5 Å². The number of rotatable bonds is 11. The number of amides is 1. The van der Waals surface area contributed by atoms with Gasteiger partial charge >= 0.3 is 24.6 Å². The minimum absolute atomic E-state index is 0.0446. The summed E-state index contributed by atoms with van der Waals surface area (Å²) in [6, 6.07) is 7.37. The lowest BCUT2D eigenvalue weighted by atomic mass is 10.2. The number of carbonyl (C=O) groups is 1. The molecule has 0 fully saturated rings. The minimum atomic E-state index is -6.05. The van der Waals surface area contributed by atoms with Gasteiger partial charge in [0.2, 0.25) is 0 Å². The molecule has 0 unspecified atom stereocenters. The summed E-state index contributed by atoms with van der Waals surface area (Å²) in [6.07, 6.45) is -16.6. The van der Waals surface area contributed by atoms with E-state index in [0.717, 1.165) is 12.1 Å². The molecule has 0 bridgehead atoms. The van der Waals surface area contributed by atoms with E-state index in [0.29, 0.717) is 11.1 Å². The van der Waals surface area contributed by atoms with E-state index in [1.54, 1.807) is 12.2 Å². The number of anilines is 2. The van der Waals surface area contributed by atoms with E-state index in [2.05, 4.69) is 29.0 Å². The van der Waals surface area contributed by atoms with Crippen molar-refractivity contribution in [2.24, 2.45) is 0 Å². The molecule has 0 aliphatic rings. The fourth-order valence-electron chi connectivity index (χ4n) is 2.47. The fourth-order valence-corrected chi connectivity index (χ4v) is 2.47. The number of carbonyl (C=O) groups excluding carboxylic acids is 1. The zero-order chi connectivity index (χ0) is 27.9. The predicted molar refractivity (Wildman–Crippen MR) is 110 cm³/mol. The topological polar surface area (TPSA) is 135 Å². The third-order valence-electron chi connectivity index (χ3n) is 4.26. The van der Waals surface area contributed by atoms with Crippen LogP contribution in [-0.4, -0.2) is 31.3 Å². The lowest BCUT2D eigenvalue weighted by Gasteiger charge is -2.28. The molecule has 0 saturated carbocycles. The van der Waals surface area contributed by atoms with Crippen LogP contribution in [0, 0.1) is 36.9 Å². The van der Waals surface area contributed by atoms with Gasteiger partial charge in [-0.25, -0.2) is 9.53 Å². The third kappa shape index (κ3) is 8.06. The highest BCUT2D eigenvalue weighted by Gasteiger charge is 2.67. The first-order valence-corrected chi connectivity index (χ1v) is 9.74. The number of benzene rings is 2. The number of hydrogen-bond acceptors (Lipinski definition) is 9. The van der Waals surface area contributed by atoms with Crippen LogP contribution in [0.2, 0.25) is 0 Å². The standard InChI is InChI=1S/C21H16F6N4O6/c1-12-3-5-14(7-16(12)33-9-28)30-11-35-21(26,27)37-20(24,25)19(22,23)36-18(32)31-15-6-4-13(2)17(8-15)34-10-29/h3-8,30H,11H2,1-2H3,(H,31,32). The van der Waals surface area contributed by atoms with Crippen molar-refractivity contribution in [2.45, 2.75) is 32.4 Å². The molecule has 0 radical (unpaired) electrons. The molecule has 2 rings (SSSR count). The molecule has 2 aromatic carbocycles. The van der Waals surface area contributed by atoms with Crippen molar-refractivity contribution in [3.8, 4) is 24.0 Å². The normalized spacial score (nSPS) is 11.6. The average molecular weight is 534 g/mol. The highest BCUT2D eigenvalue weighted by Crippen LogP contribution is 2.41. The van der Waals surface area contributed by atoms with E-state index in [-0.39, 0.29) is 22.9 Å². The highest BCUT2D eigenvalue weighted by atomic mass is 19.3. The van der Waals surface area contributed by atoms with Crippen LogP contribution in [0.3, 0.4) is 0 Å². The summed E-state index contributed by atoms with van der Waals surface area (Å²) in [5.41, 5.74) is 0.648. The second kappa shape index (κ2) is 11.5. The van der Waals surface area contributed by atoms with Crippen molar-refractivity contribution in [2.75, 3.05) is 17.4 Å². The predicted octanol–water partition coefficient (Wildman–Crippen LogP) is 5.41. The number of alkyl halides is 6. The van der Waals surface area contributed by atoms with Crippen molar-refractivity contribution >= 4 is 17.5 Å². The smallest absolute Gasteiger partial charge is 0.388 e. The summed E-state index contributed by atoms with van der Waals surface area (Å²) in [7, 11) is 0. The fraction of sp³-hybridized carbons (Fsp3) is 0.286. The van der Waals surface area contributed by atoms with Crippen molar-refractivity contribution in [1.29, 1.82) is 10.5 Å². The van der Waals surface area contributed by atoms with Crippen LogP contribution in [0.15, 0.2) is 36.4 Å². The van der Waals surface area contributed by atoms with Gasteiger partial charge in [-0.05, 0) is 37.1 Å². The minimum Gasteiger partial charge on any atom is -0.388 e. The van der Waals surface area contributed by atoms with Gasteiger partial charge in [-0.3, -0.25) is 10.1 Å². The lowest BCUT2D eigenvalue weighted by molar-refractivity contribution is -0.519. The van der Waals surface area contributed by atoms with E-state index in [9.17, 15) is 31.1 Å². The zero-order valence-electron chi connectivity index (χ0n) is 18.8. The number of hydrogen-bond donors (Lipinski definition) is 2. The van der Waals surface area contributed by atoms with Crippen LogP contribution in [0.4, 0.5) is 42.5 Å². The zero-order valence-corrected chi connectivity index (χ0v) is 18.8. The molecule has 0 heterocycles. The van der Waals surface area contributed by atoms with Crippen molar-refractivity contribution in [1.82, 2.24) is 0 Å². The lowest BCUT2D eigenvalue weighted by Crippen LogP contribution is -2.51. The molecule has 0 spiro atoms. The second-order valence-corrected chi connectivity index (χ2v) is 6.93. The van der Waals surface area contributed by atoms with Crippen LogP contribution in [0.1, 0.15) is 11.1 Å². The highest BCUT2D eigenvalue weighted by molar-refractivity contribution is 5.85. The summed E-state index contributed by atoms with van der Waals surface area (Å²) in [4.78, 5) is 11.7. The number of aryl methyl sites for hydroxylation is 2. The van der Waals surface area contributed by atoms with Crippen LogP contribution < -0.4 is 20.1 Å². The van der Waals surface area contributed by atoms with E-state index in [1.165, 1.54) is 43.7 Å². The average Bonchev–Trinajstić information content (AvgIpc) is 2.77. The Hall–Kier alpha value is -4.41. The van der Waals surface area contributed by atoms with Gasteiger partial charge < -0.3 is 19.5 Å². The second-order valence-electron chi connectivity index (χ2n) is 6.93. The van der Waals surface area contributed by atoms with Gasteiger partial charge in [0.1, 0.15) is 18.2 Å². The number of nitrogens with zero attached hydrogens (tertiary/aromatic N) is 2. The van der Waals surface area contributed by atoms with E-state index in [1.807, 2.05) is 0 Å². The third-order valence-corrected chi connectivity index (χ3v) is 4.26. The van der Waals surface area contributed by atoms with Crippen LogP contribution in [-0.2, 0) is 14.2 Å². The van der Waals surface area contributed by atoms with Gasteiger partial charge in [-0.15, -0.1) is 19.3 Å². The summed E-state index contributed by atoms with van der Waals surface area (Å²) >= 11 is 0. The molecule has 37 heavy (non-hydrogen) atoms. The molecule has 16 heteroatoms. The van der Waals surface area contributed by atoms with Crippen molar-refractivity contribution in [3.63, 3.8) is 0 Å². The Morgan fingerprint density at radius 1 is 0.865 bits per heavy atom. The first-order valence-electron chi connectivity index (χ1n) is 9.74. The Balaban J connectivity index is 1.97. The van der Waals surface area contributed by atoms with Crippen LogP contribution in [0.25, 0.3) is 0 Å². The maximum atomic E-state index is 13.8. The summed E-state index contributed by atoms with van der Waals surface area (Å²) in [6.45, 7) is 1.85. The maximum absolute atomic E-state index is 13.8. The van der Waals surface area contributed by atoms with Gasteiger partial charge in [0.05, 0.1) is 0 Å². The quantitative estimate of drug-likeness (QED) is 0.220. The van der Waals surface area contributed by atoms with Crippen LogP contribution in [0.5, 0.6) is 11.5 Å².